The molecule has 0 amide bonds. The van der Waals surface area contributed by atoms with Crippen LogP contribution in [0.1, 0.15) is 34.0 Å². The number of esters is 1. The van der Waals surface area contributed by atoms with Crippen LogP contribution in [0.2, 0.25) is 0 Å². The zero-order valence-corrected chi connectivity index (χ0v) is 13.9. The lowest BCUT2D eigenvalue weighted by Crippen LogP contribution is -2.10. The van der Waals surface area contributed by atoms with Gasteiger partial charge in [-0.1, -0.05) is 24.3 Å². The van der Waals surface area contributed by atoms with Crippen molar-refractivity contribution in [3.05, 3.63) is 46.5 Å². The van der Waals surface area contributed by atoms with Gasteiger partial charge >= 0.3 is 5.97 Å². The Kier molecular flexibility index (Phi) is 6.10. The van der Waals surface area contributed by atoms with Crippen LogP contribution in [0.5, 0.6) is 0 Å². The summed E-state index contributed by atoms with van der Waals surface area (Å²) < 4.78 is 17.0. The summed E-state index contributed by atoms with van der Waals surface area (Å²) in [5, 5.41) is 0. The normalized spacial score (nSPS) is 11.8. The summed E-state index contributed by atoms with van der Waals surface area (Å²) in [5.74, 6) is -0.596. The maximum Gasteiger partial charge on any atom is 0.333 e. The molecule has 0 fully saturated rings. The van der Waals surface area contributed by atoms with Crippen molar-refractivity contribution in [1.29, 1.82) is 0 Å². The van der Waals surface area contributed by atoms with Crippen molar-refractivity contribution in [2.45, 2.75) is 27.7 Å². The zero-order chi connectivity index (χ0) is 16.2. The van der Waals surface area contributed by atoms with Crippen molar-refractivity contribution in [1.82, 2.24) is 0 Å². The topological polar surface area (TPSA) is 60.4 Å². The van der Waals surface area contributed by atoms with E-state index in [1.165, 1.54) is 0 Å². The molecule has 1 aromatic rings. The molecule has 0 heterocycles. The molecule has 0 aliphatic carbocycles. The molecule has 0 bridgehead atoms. The van der Waals surface area contributed by atoms with Crippen molar-refractivity contribution in [3.63, 3.8) is 0 Å². The standard InChI is InChI=1S/C16H21O4P/c1-6-20-15(17)13(5)9-21(19)16(18)14-11(3)7-10(2)8-12(14)4/h7-8,21H,5-6,9H2,1-4H3. The van der Waals surface area contributed by atoms with Crippen LogP contribution in [0.25, 0.3) is 0 Å². The molecule has 0 radical (unpaired) electrons. The highest BCUT2D eigenvalue weighted by atomic mass is 31.1. The minimum absolute atomic E-state index is 0.0801. The molecule has 21 heavy (non-hydrogen) atoms. The average molecular weight is 308 g/mol. The largest absolute Gasteiger partial charge is 0.463 e. The number of hydrogen-bond donors (Lipinski definition) is 0. The van der Waals surface area contributed by atoms with Gasteiger partial charge in [-0.3, -0.25) is 4.79 Å². The molecule has 0 spiro atoms. The average Bonchev–Trinajstić information content (AvgIpc) is 2.37. The molecule has 0 aliphatic rings. The molecule has 5 heteroatoms. The fourth-order valence-corrected chi connectivity index (χ4v) is 3.62. The third-order valence-corrected chi connectivity index (χ3v) is 4.60. The molecular formula is C16H21O4P. The molecule has 1 atom stereocenters. The summed E-state index contributed by atoms with van der Waals surface area (Å²) >= 11 is 0. The van der Waals surface area contributed by atoms with Gasteiger partial charge in [0.2, 0.25) is 5.52 Å². The minimum Gasteiger partial charge on any atom is -0.463 e. The summed E-state index contributed by atoms with van der Waals surface area (Å²) in [4.78, 5) is 23.8. The van der Waals surface area contributed by atoms with Crippen LogP contribution in [0.3, 0.4) is 0 Å². The van der Waals surface area contributed by atoms with E-state index in [1.807, 2.05) is 32.9 Å². The smallest absolute Gasteiger partial charge is 0.333 e. The summed E-state index contributed by atoms with van der Waals surface area (Å²) in [5.41, 5.74) is 2.82. The van der Waals surface area contributed by atoms with Gasteiger partial charge < -0.3 is 9.30 Å². The van der Waals surface area contributed by atoms with E-state index >= 15 is 0 Å². The zero-order valence-electron chi connectivity index (χ0n) is 12.9. The molecule has 0 aromatic heterocycles. The number of carbonyl (C=O) groups excluding carboxylic acids is 2. The van der Waals surface area contributed by atoms with Gasteiger partial charge in [-0.05, 0) is 38.8 Å². The third kappa shape index (κ3) is 4.40. The first-order valence-electron chi connectivity index (χ1n) is 6.78. The fraction of sp³-hybridized carbons (Fsp3) is 0.375. The molecule has 0 aliphatic heterocycles. The molecule has 1 unspecified atom stereocenters. The van der Waals surface area contributed by atoms with Crippen molar-refractivity contribution < 1.29 is 18.9 Å². The maximum absolute atomic E-state index is 12.4. The number of ether oxygens (including phenoxy) is 1. The molecule has 1 aromatic carbocycles. The first-order valence-corrected chi connectivity index (χ1v) is 8.39. The lowest BCUT2D eigenvalue weighted by Gasteiger charge is -2.11. The van der Waals surface area contributed by atoms with Crippen LogP contribution in [0.15, 0.2) is 24.3 Å². The molecule has 0 N–H and O–H groups in total. The van der Waals surface area contributed by atoms with E-state index in [2.05, 4.69) is 6.58 Å². The van der Waals surface area contributed by atoms with Gasteiger partial charge in [-0.25, -0.2) is 4.79 Å². The maximum atomic E-state index is 12.4. The van der Waals surface area contributed by atoms with Crippen molar-refractivity contribution >= 4 is 19.3 Å². The minimum atomic E-state index is -2.63. The van der Waals surface area contributed by atoms with Crippen LogP contribution >= 0.6 is 7.80 Å². The Hall–Kier alpha value is -1.67. The second-order valence-electron chi connectivity index (χ2n) is 5.03. The van der Waals surface area contributed by atoms with Crippen LogP contribution in [-0.2, 0) is 14.1 Å². The molecule has 114 valence electrons. The number of carbonyl (C=O) groups is 2. The van der Waals surface area contributed by atoms with Gasteiger partial charge in [0.15, 0.2) is 0 Å². The van der Waals surface area contributed by atoms with E-state index in [4.69, 9.17) is 4.74 Å². The summed E-state index contributed by atoms with van der Waals surface area (Å²) in [6.07, 6.45) is -0.130. The lowest BCUT2D eigenvalue weighted by molar-refractivity contribution is -0.138. The van der Waals surface area contributed by atoms with Gasteiger partial charge in [0.1, 0.15) is 7.80 Å². The molecule has 0 saturated heterocycles. The third-order valence-electron chi connectivity index (χ3n) is 3.10. The van der Waals surface area contributed by atoms with Crippen molar-refractivity contribution in [3.8, 4) is 0 Å². The Bertz CT molecular complexity index is 594. The highest BCUT2D eigenvalue weighted by Gasteiger charge is 2.21. The first-order chi connectivity index (χ1) is 9.77. The highest BCUT2D eigenvalue weighted by Crippen LogP contribution is 2.32. The molecule has 1 rings (SSSR count). The lowest BCUT2D eigenvalue weighted by atomic mass is 10.0. The number of benzene rings is 1. The fourth-order valence-electron chi connectivity index (χ4n) is 2.26. The molecular weight excluding hydrogens is 287 g/mol. The Morgan fingerprint density at radius 3 is 2.19 bits per heavy atom. The van der Waals surface area contributed by atoms with Crippen LogP contribution < -0.4 is 0 Å². The summed E-state index contributed by atoms with van der Waals surface area (Å²) in [6.45, 7) is 11.0. The Balaban J connectivity index is 2.92. The first kappa shape index (κ1) is 17.4. The Labute approximate surface area is 126 Å². The van der Waals surface area contributed by atoms with E-state index in [1.54, 1.807) is 6.92 Å². The van der Waals surface area contributed by atoms with Crippen LogP contribution in [0.4, 0.5) is 0 Å². The van der Waals surface area contributed by atoms with Gasteiger partial charge in [0.25, 0.3) is 0 Å². The number of aryl methyl sites for hydroxylation is 3. The van der Waals surface area contributed by atoms with E-state index < -0.39 is 19.3 Å². The van der Waals surface area contributed by atoms with E-state index in [0.29, 0.717) is 5.56 Å². The number of hydrogen-bond acceptors (Lipinski definition) is 4. The van der Waals surface area contributed by atoms with Gasteiger partial charge in [-0.15, -0.1) is 0 Å². The Morgan fingerprint density at radius 1 is 1.19 bits per heavy atom. The summed E-state index contributed by atoms with van der Waals surface area (Å²) in [7, 11) is -2.63. The van der Waals surface area contributed by atoms with Crippen LogP contribution in [-0.4, -0.2) is 24.3 Å². The Morgan fingerprint density at radius 2 is 1.71 bits per heavy atom. The summed E-state index contributed by atoms with van der Waals surface area (Å²) in [6, 6.07) is 3.77. The quantitative estimate of drug-likeness (QED) is 0.459. The predicted molar refractivity (Wildman–Crippen MR) is 84.6 cm³/mol. The van der Waals surface area contributed by atoms with Crippen molar-refractivity contribution in [2.75, 3.05) is 12.8 Å². The molecule has 0 saturated carbocycles. The van der Waals surface area contributed by atoms with Crippen LogP contribution in [0, 0.1) is 20.8 Å². The second kappa shape index (κ2) is 7.37. The van der Waals surface area contributed by atoms with E-state index in [9.17, 15) is 14.2 Å². The highest BCUT2D eigenvalue weighted by molar-refractivity contribution is 7.64. The van der Waals surface area contributed by atoms with Gasteiger partial charge in [0.05, 0.1) is 6.61 Å². The number of rotatable bonds is 6. The van der Waals surface area contributed by atoms with Gasteiger partial charge in [0, 0.05) is 17.3 Å². The van der Waals surface area contributed by atoms with E-state index in [-0.39, 0.29) is 18.3 Å². The molecule has 4 nitrogen and oxygen atoms in total. The second-order valence-corrected chi connectivity index (χ2v) is 6.68. The predicted octanol–water partition coefficient (Wildman–Crippen LogP) is 3.43. The SMILES string of the molecule is C=C(C[PH](=O)C(=O)c1c(C)cc(C)cc1C)C(=O)OCC. The van der Waals surface area contributed by atoms with Gasteiger partial charge in [-0.2, -0.15) is 0 Å². The van der Waals surface area contributed by atoms with Crippen molar-refractivity contribution in [2.24, 2.45) is 0 Å². The monoisotopic (exact) mass is 308 g/mol. The van der Waals surface area contributed by atoms with E-state index in [0.717, 1.165) is 16.7 Å².